The summed E-state index contributed by atoms with van der Waals surface area (Å²) in [6, 6.07) is 2.15. The average Bonchev–Trinajstić information content (AvgIpc) is 3.28. The van der Waals surface area contributed by atoms with E-state index in [1.54, 1.807) is 11.8 Å². The van der Waals surface area contributed by atoms with Gasteiger partial charge in [0.1, 0.15) is 9.71 Å². The number of fused-ring (bicyclic) bond motifs is 2. The number of aryl methyl sites for hydroxylation is 1. The summed E-state index contributed by atoms with van der Waals surface area (Å²) in [7, 11) is 0. The molecule has 3 N–H and O–H groups in total. The Labute approximate surface area is 176 Å². The van der Waals surface area contributed by atoms with Crippen molar-refractivity contribution < 1.29 is 4.79 Å². The lowest BCUT2D eigenvalue weighted by Crippen LogP contribution is -2.14. The van der Waals surface area contributed by atoms with Crippen molar-refractivity contribution in [3.05, 3.63) is 22.2 Å². The van der Waals surface area contributed by atoms with E-state index in [1.165, 1.54) is 41.1 Å². The minimum atomic E-state index is -0.243. The number of aromatic nitrogens is 3. The molecule has 0 aromatic carbocycles. The average molecular weight is 434 g/mol. The molecule has 3 aromatic rings. The maximum Gasteiger partial charge on any atom is 0.269 e. The van der Waals surface area contributed by atoms with Gasteiger partial charge in [0.15, 0.2) is 4.34 Å². The van der Waals surface area contributed by atoms with Gasteiger partial charge in [0.05, 0.1) is 5.69 Å². The molecule has 0 fully saturated rings. The molecular weight excluding hydrogens is 410 g/mol. The van der Waals surface area contributed by atoms with Crippen LogP contribution in [-0.4, -0.2) is 26.8 Å². The van der Waals surface area contributed by atoms with Gasteiger partial charge in [0.25, 0.3) is 5.91 Å². The number of nitrogens with zero attached hydrogens (tertiary/aromatic N) is 3. The van der Waals surface area contributed by atoms with Crippen LogP contribution in [0.3, 0.4) is 0 Å². The van der Waals surface area contributed by atoms with Gasteiger partial charge in [-0.15, -0.1) is 21.5 Å². The Morgan fingerprint density at radius 2 is 2.21 bits per heavy atom. The summed E-state index contributed by atoms with van der Waals surface area (Å²) in [5.74, 6) is 1.46. The molecule has 0 saturated heterocycles. The van der Waals surface area contributed by atoms with Crippen molar-refractivity contribution in [1.29, 1.82) is 0 Å². The van der Waals surface area contributed by atoms with Crippen molar-refractivity contribution in [2.24, 2.45) is 5.92 Å². The summed E-state index contributed by atoms with van der Waals surface area (Å²) >= 11 is 4.39. The van der Waals surface area contributed by atoms with Crippen LogP contribution >= 0.6 is 34.4 Å². The largest absolute Gasteiger partial charge is 0.397 e. The molecule has 3 aromatic heterocycles. The van der Waals surface area contributed by atoms with Crippen LogP contribution in [0.2, 0.25) is 0 Å². The fourth-order valence-electron chi connectivity index (χ4n) is 3.44. The van der Waals surface area contributed by atoms with Crippen LogP contribution < -0.4 is 11.1 Å². The van der Waals surface area contributed by atoms with E-state index in [1.807, 2.05) is 0 Å². The molecule has 0 radical (unpaired) electrons. The van der Waals surface area contributed by atoms with E-state index >= 15 is 0 Å². The lowest BCUT2D eigenvalue weighted by molar-refractivity contribution is 0.103. The van der Waals surface area contributed by atoms with Crippen molar-refractivity contribution in [1.82, 2.24) is 15.2 Å². The highest BCUT2D eigenvalue weighted by Crippen LogP contribution is 2.37. The highest BCUT2D eigenvalue weighted by Gasteiger charge is 2.23. The predicted molar refractivity (Wildman–Crippen MR) is 119 cm³/mol. The summed E-state index contributed by atoms with van der Waals surface area (Å²) in [6.07, 6.45) is 5.50. The van der Waals surface area contributed by atoms with Gasteiger partial charge >= 0.3 is 0 Å². The molecule has 9 heteroatoms. The monoisotopic (exact) mass is 433 g/mol. The van der Waals surface area contributed by atoms with E-state index in [0.717, 1.165) is 45.3 Å². The maximum atomic E-state index is 12.8. The van der Waals surface area contributed by atoms with Crippen LogP contribution in [0.5, 0.6) is 0 Å². The smallest absolute Gasteiger partial charge is 0.269 e. The Hall–Kier alpha value is -1.71. The molecule has 0 aliphatic heterocycles. The molecule has 6 nitrogen and oxygen atoms in total. The first-order chi connectivity index (χ1) is 13.6. The summed E-state index contributed by atoms with van der Waals surface area (Å²) in [4.78, 5) is 18.9. The lowest BCUT2D eigenvalue weighted by Gasteiger charge is -2.22. The van der Waals surface area contributed by atoms with Crippen molar-refractivity contribution >= 4 is 61.4 Å². The highest BCUT2D eigenvalue weighted by atomic mass is 32.2. The van der Waals surface area contributed by atoms with Crippen LogP contribution in [0.4, 0.5) is 10.8 Å². The van der Waals surface area contributed by atoms with Crippen molar-refractivity contribution in [2.75, 3.05) is 16.8 Å². The Morgan fingerprint density at radius 3 is 3.00 bits per heavy atom. The highest BCUT2D eigenvalue weighted by molar-refractivity contribution is 8.01. The van der Waals surface area contributed by atoms with Crippen LogP contribution in [0.1, 0.15) is 54.0 Å². The second-order valence-corrected chi connectivity index (χ2v) is 10.3. The van der Waals surface area contributed by atoms with Crippen LogP contribution in [0.15, 0.2) is 10.4 Å². The summed E-state index contributed by atoms with van der Waals surface area (Å²) < 4.78 is 0.862. The van der Waals surface area contributed by atoms with E-state index in [0.29, 0.717) is 21.6 Å². The van der Waals surface area contributed by atoms with Gasteiger partial charge in [-0.3, -0.25) is 10.1 Å². The number of anilines is 2. The Balaban J connectivity index is 1.57. The number of rotatable bonds is 6. The number of thiophene rings is 1. The Morgan fingerprint density at radius 1 is 1.36 bits per heavy atom. The third kappa shape index (κ3) is 3.88. The lowest BCUT2D eigenvalue weighted by atomic mass is 9.85. The molecule has 1 amide bonds. The number of pyridine rings is 1. The molecule has 28 heavy (non-hydrogen) atoms. The predicted octanol–water partition coefficient (Wildman–Crippen LogP) is 5.00. The number of nitrogen functional groups attached to an aromatic ring is 1. The molecule has 1 atom stereocenters. The molecule has 4 rings (SSSR count). The fourth-order valence-corrected chi connectivity index (χ4v) is 6.11. The second kappa shape index (κ2) is 8.34. The molecule has 148 valence electrons. The number of hydrogen-bond donors (Lipinski definition) is 2. The summed E-state index contributed by atoms with van der Waals surface area (Å²) in [5.41, 5.74) is 9.29. The normalized spacial score (nSPS) is 16.3. The number of carbonyl (C=O) groups is 1. The number of nitrogens with one attached hydrogen (secondary N) is 1. The first kappa shape index (κ1) is 19.6. The first-order valence-electron chi connectivity index (χ1n) is 9.57. The number of amides is 1. The molecular formula is C19H23N5OS3. The number of carbonyl (C=O) groups excluding carboxylic acids is 1. The zero-order chi connectivity index (χ0) is 19.7. The van der Waals surface area contributed by atoms with Gasteiger partial charge < -0.3 is 5.73 Å². The minimum Gasteiger partial charge on any atom is -0.397 e. The van der Waals surface area contributed by atoms with E-state index in [-0.39, 0.29) is 5.91 Å². The first-order valence-corrected chi connectivity index (χ1v) is 12.2. The van der Waals surface area contributed by atoms with E-state index in [4.69, 9.17) is 10.7 Å². The standard InChI is InChI=1S/C19H23N5OS3/c1-3-7-26-19-24-23-18(28-19)22-16(25)15-14(20)12-9-11-8-10(4-2)5-6-13(11)21-17(12)27-15/h9-10H,3-8,20H2,1-2H3,(H,22,23,25)/t10-/m0/s1. The van der Waals surface area contributed by atoms with Crippen molar-refractivity contribution in [3.63, 3.8) is 0 Å². The minimum absolute atomic E-state index is 0.243. The maximum absolute atomic E-state index is 12.8. The zero-order valence-corrected chi connectivity index (χ0v) is 18.4. The number of hydrogen-bond acceptors (Lipinski definition) is 8. The number of thioether (sulfide) groups is 1. The topological polar surface area (TPSA) is 93.8 Å². The molecule has 3 heterocycles. The Kier molecular flexibility index (Phi) is 5.84. The summed E-state index contributed by atoms with van der Waals surface area (Å²) in [6.45, 7) is 4.36. The molecule has 1 aliphatic carbocycles. The van der Waals surface area contributed by atoms with E-state index < -0.39 is 0 Å². The van der Waals surface area contributed by atoms with Gasteiger partial charge in [0.2, 0.25) is 5.13 Å². The SMILES string of the molecule is CCCSc1nnc(NC(=O)c2sc3nc4c(cc3c2N)C[C@@H](CC)CC4)s1. The van der Waals surface area contributed by atoms with Crippen molar-refractivity contribution in [3.8, 4) is 0 Å². The summed E-state index contributed by atoms with van der Waals surface area (Å²) in [5, 5.41) is 12.4. The van der Waals surface area contributed by atoms with Crippen LogP contribution in [0.25, 0.3) is 10.2 Å². The van der Waals surface area contributed by atoms with E-state index in [9.17, 15) is 4.79 Å². The van der Waals surface area contributed by atoms with Gasteiger partial charge in [-0.2, -0.15) is 0 Å². The zero-order valence-electron chi connectivity index (χ0n) is 15.9. The van der Waals surface area contributed by atoms with Gasteiger partial charge in [-0.25, -0.2) is 4.98 Å². The fraction of sp³-hybridized carbons (Fsp3) is 0.474. The van der Waals surface area contributed by atoms with E-state index in [2.05, 4.69) is 35.4 Å². The van der Waals surface area contributed by atoms with Crippen LogP contribution in [0, 0.1) is 5.92 Å². The molecule has 0 bridgehead atoms. The van der Waals surface area contributed by atoms with Gasteiger partial charge in [0, 0.05) is 16.8 Å². The molecule has 0 unspecified atom stereocenters. The Bertz CT molecular complexity index is 1010. The third-order valence-corrected chi connectivity index (χ3v) is 8.32. The van der Waals surface area contributed by atoms with Crippen molar-refractivity contribution in [2.45, 2.75) is 50.3 Å². The molecule has 0 spiro atoms. The number of nitrogens with two attached hydrogens (primary N) is 1. The van der Waals surface area contributed by atoms with Gasteiger partial charge in [-0.05, 0) is 43.2 Å². The quantitative estimate of drug-likeness (QED) is 0.420. The third-order valence-electron chi connectivity index (χ3n) is 5.03. The van der Waals surface area contributed by atoms with Crippen LogP contribution in [-0.2, 0) is 12.8 Å². The molecule has 0 saturated carbocycles. The second-order valence-electron chi connectivity index (χ2n) is 6.98. The van der Waals surface area contributed by atoms with Gasteiger partial charge in [-0.1, -0.05) is 43.4 Å². The molecule has 1 aliphatic rings.